The Morgan fingerprint density at radius 3 is 2.54 bits per heavy atom. The largest absolute Gasteiger partial charge is 0.345 e. The number of fused-ring (bicyclic) bond motifs is 1. The lowest BCUT2D eigenvalue weighted by atomic mass is 10.1. The second-order valence-electron chi connectivity index (χ2n) is 7.36. The topological polar surface area (TPSA) is 37.9 Å². The van der Waals surface area contributed by atoms with Crippen LogP contribution in [0.1, 0.15) is 24.7 Å². The Morgan fingerprint density at radius 2 is 1.85 bits per heavy atom. The molecule has 0 radical (unpaired) electrons. The van der Waals surface area contributed by atoms with Crippen LogP contribution in [0.3, 0.4) is 0 Å². The molecule has 3 aromatic rings. The summed E-state index contributed by atoms with van der Waals surface area (Å²) in [6.07, 6.45) is 2.10. The van der Waals surface area contributed by atoms with Crippen molar-refractivity contribution in [3.8, 4) is 11.1 Å². The quantitative estimate of drug-likeness (QED) is 0.782. The number of likely N-dealkylation sites (N-methyl/N-ethyl adjacent to an activating group) is 1. The molecule has 0 spiro atoms. The number of hydrogen-bond acceptors (Lipinski definition) is 3. The second kappa shape index (κ2) is 7.08. The molecular weight excluding hydrogens is 322 g/mol. The van der Waals surface area contributed by atoms with Crippen molar-refractivity contribution in [1.29, 1.82) is 0 Å². The van der Waals surface area contributed by atoms with Crippen LogP contribution in [0, 0.1) is 6.92 Å². The first kappa shape index (κ1) is 17.0. The molecule has 0 amide bonds. The molecule has 26 heavy (non-hydrogen) atoms. The highest BCUT2D eigenvalue weighted by atomic mass is 15.4. The van der Waals surface area contributed by atoms with E-state index in [1.807, 2.05) is 0 Å². The van der Waals surface area contributed by atoms with Crippen molar-refractivity contribution in [2.75, 3.05) is 38.1 Å². The average Bonchev–Trinajstić information content (AvgIpc) is 2.98. The molecular formula is C21H28N5+. The number of aromatic nitrogens is 3. The minimum absolute atomic E-state index is 0.987. The highest BCUT2D eigenvalue weighted by Gasteiger charge is 2.23. The first-order valence-corrected chi connectivity index (χ1v) is 9.68. The molecule has 0 unspecified atom stereocenters. The van der Waals surface area contributed by atoms with E-state index in [1.54, 1.807) is 4.90 Å². The van der Waals surface area contributed by atoms with Crippen molar-refractivity contribution in [2.24, 2.45) is 0 Å². The number of hydrogen-bond donors (Lipinski definition) is 1. The van der Waals surface area contributed by atoms with Crippen molar-refractivity contribution in [1.82, 2.24) is 14.6 Å². The number of quaternary nitrogens is 1. The van der Waals surface area contributed by atoms with Gasteiger partial charge in [0.1, 0.15) is 5.82 Å². The van der Waals surface area contributed by atoms with E-state index in [-0.39, 0.29) is 0 Å². The number of benzene rings is 1. The fourth-order valence-corrected chi connectivity index (χ4v) is 3.83. The maximum absolute atomic E-state index is 5.00. The summed E-state index contributed by atoms with van der Waals surface area (Å²) in [4.78, 5) is 9.07. The van der Waals surface area contributed by atoms with Gasteiger partial charge in [-0.15, -0.1) is 0 Å². The Hall–Kier alpha value is -2.40. The molecule has 1 N–H and O–H groups in total. The average molecular weight is 350 g/mol. The first-order valence-electron chi connectivity index (χ1n) is 9.68. The normalized spacial score (nSPS) is 15.7. The Bertz CT molecular complexity index is 892. The highest BCUT2D eigenvalue weighted by Crippen LogP contribution is 2.30. The second-order valence-corrected chi connectivity index (χ2v) is 7.36. The molecule has 2 aromatic heterocycles. The zero-order valence-corrected chi connectivity index (χ0v) is 16.0. The summed E-state index contributed by atoms with van der Waals surface area (Å²) in [5.41, 5.74) is 5.54. The van der Waals surface area contributed by atoms with Crippen molar-refractivity contribution in [3.05, 3.63) is 47.8 Å². The summed E-state index contributed by atoms with van der Waals surface area (Å²) in [5, 5.41) is 4.89. The van der Waals surface area contributed by atoms with Crippen molar-refractivity contribution < 1.29 is 4.90 Å². The fraction of sp³-hybridized carbons (Fsp3) is 0.429. The van der Waals surface area contributed by atoms with Crippen LogP contribution < -0.4 is 9.80 Å². The van der Waals surface area contributed by atoms with Crippen LogP contribution >= 0.6 is 0 Å². The Morgan fingerprint density at radius 1 is 1.12 bits per heavy atom. The van der Waals surface area contributed by atoms with Gasteiger partial charge in [-0.05, 0) is 18.9 Å². The standard InChI is InChI=1S/C21H27N5/c1-4-8-18-15-19(25-13-11-24(3)12-14-25)26-21(22-18)20(16(2)23-26)17-9-6-5-7-10-17/h5-7,9-10,15H,4,8,11-14H2,1-3H3/p+1. The van der Waals surface area contributed by atoms with Crippen LogP contribution in [-0.4, -0.2) is 47.8 Å². The van der Waals surface area contributed by atoms with Gasteiger partial charge in [0.05, 0.1) is 38.9 Å². The highest BCUT2D eigenvalue weighted by molar-refractivity contribution is 5.81. The number of rotatable bonds is 4. The number of aryl methyl sites for hydroxylation is 2. The molecule has 4 rings (SSSR count). The summed E-state index contributed by atoms with van der Waals surface area (Å²) >= 11 is 0. The summed E-state index contributed by atoms with van der Waals surface area (Å²) in [7, 11) is 2.27. The summed E-state index contributed by atoms with van der Waals surface area (Å²) in [6, 6.07) is 12.8. The third kappa shape index (κ3) is 3.07. The smallest absolute Gasteiger partial charge is 0.165 e. The van der Waals surface area contributed by atoms with Gasteiger partial charge in [0.25, 0.3) is 0 Å². The minimum atomic E-state index is 0.987. The summed E-state index contributed by atoms with van der Waals surface area (Å²) in [6.45, 7) is 8.77. The Balaban J connectivity index is 1.89. The van der Waals surface area contributed by atoms with E-state index < -0.39 is 0 Å². The van der Waals surface area contributed by atoms with E-state index in [9.17, 15) is 0 Å². The van der Waals surface area contributed by atoms with Crippen LogP contribution in [0.25, 0.3) is 16.8 Å². The molecule has 0 atom stereocenters. The molecule has 1 fully saturated rings. The molecule has 1 aromatic carbocycles. The molecule has 136 valence electrons. The number of nitrogens with one attached hydrogen (secondary N) is 1. The van der Waals surface area contributed by atoms with Gasteiger partial charge in [0, 0.05) is 17.3 Å². The van der Waals surface area contributed by atoms with Gasteiger partial charge in [0.2, 0.25) is 0 Å². The van der Waals surface area contributed by atoms with Gasteiger partial charge in [0.15, 0.2) is 5.65 Å². The predicted octanol–water partition coefficient (Wildman–Crippen LogP) is 1.99. The maximum atomic E-state index is 5.00. The molecule has 1 aliphatic heterocycles. The van der Waals surface area contributed by atoms with E-state index in [0.717, 1.165) is 42.8 Å². The summed E-state index contributed by atoms with van der Waals surface area (Å²) < 4.78 is 2.07. The Labute approximate surface area is 155 Å². The SMILES string of the molecule is CCCc1cc(N2CC[NH+](C)CC2)n2nc(C)c(-c3ccccc3)c2n1. The van der Waals surface area contributed by atoms with Crippen LogP contribution in [0.15, 0.2) is 36.4 Å². The van der Waals surface area contributed by atoms with Gasteiger partial charge < -0.3 is 9.80 Å². The van der Waals surface area contributed by atoms with E-state index >= 15 is 0 Å². The minimum Gasteiger partial charge on any atom is -0.345 e. The van der Waals surface area contributed by atoms with Gasteiger partial charge in [-0.2, -0.15) is 9.61 Å². The van der Waals surface area contributed by atoms with Crippen molar-refractivity contribution in [2.45, 2.75) is 26.7 Å². The lowest BCUT2D eigenvalue weighted by molar-refractivity contribution is -0.880. The Kier molecular flexibility index (Phi) is 4.64. The van der Waals surface area contributed by atoms with Crippen LogP contribution in [0.4, 0.5) is 5.82 Å². The van der Waals surface area contributed by atoms with Crippen LogP contribution in [-0.2, 0) is 6.42 Å². The van der Waals surface area contributed by atoms with E-state index in [4.69, 9.17) is 10.1 Å². The van der Waals surface area contributed by atoms with Gasteiger partial charge in [-0.1, -0.05) is 43.7 Å². The maximum Gasteiger partial charge on any atom is 0.165 e. The van der Waals surface area contributed by atoms with Gasteiger partial charge in [-0.3, -0.25) is 0 Å². The zero-order valence-electron chi connectivity index (χ0n) is 16.0. The lowest BCUT2D eigenvalue weighted by Gasteiger charge is -2.31. The van der Waals surface area contributed by atoms with Gasteiger partial charge >= 0.3 is 0 Å². The number of piperazine rings is 1. The van der Waals surface area contributed by atoms with Crippen molar-refractivity contribution in [3.63, 3.8) is 0 Å². The van der Waals surface area contributed by atoms with E-state index in [2.05, 4.69) is 66.7 Å². The summed E-state index contributed by atoms with van der Waals surface area (Å²) in [5.74, 6) is 1.19. The molecule has 0 saturated carbocycles. The molecule has 3 heterocycles. The molecule has 0 aliphatic carbocycles. The zero-order chi connectivity index (χ0) is 18.1. The number of nitrogens with zero attached hydrogens (tertiary/aromatic N) is 4. The van der Waals surface area contributed by atoms with Gasteiger partial charge in [-0.25, -0.2) is 4.98 Å². The van der Waals surface area contributed by atoms with Crippen molar-refractivity contribution >= 4 is 11.5 Å². The van der Waals surface area contributed by atoms with E-state index in [1.165, 1.54) is 30.2 Å². The lowest BCUT2D eigenvalue weighted by Crippen LogP contribution is -3.12. The monoisotopic (exact) mass is 350 g/mol. The third-order valence-electron chi connectivity index (χ3n) is 5.31. The third-order valence-corrected chi connectivity index (χ3v) is 5.31. The molecule has 5 nitrogen and oxygen atoms in total. The van der Waals surface area contributed by atoms with Crippen LogP contribution in [0.5, 0.6) is 0 Å². The van der Waals surface area contributed by atoms with Crippen LogP contribution in [0.2, 0.25) is 0 Å². The molecule has 0 bridgehead atoms. The number of anilines is 1. The molecule has 1 saturated heterocycles. The first-order chi connectivity index (χ1) is 12.7. The molecule has 5 heteroatoms. The predicted molar refractivity (Wildman–Crippen MR) is 106 cm³/mol. The fourth-order valence-electron chi connectivity index (χ4n) is 3.83. The van der Waals surface area contributed by atoms with E-state index in [0.29, 0.717) is 0 Å². The molecule has 1 aliphatic rings.